The van der Waals surface area contributed by atoms with E-state index in [2.05, 4.69) is 10.6 Å². The molecule has 3 nitrogen and oxygen atoms in total. The molecule has 2 fully saturated rings. The van der Waals surface area contributed by atoms with Crippen molar-refractivity contribution in [2.45, 2.75) is 57.1 Å². The highest BCUT2D eigenvalue weighted by Crippen LogP contribution is 2.19. The molecule has 3 heteroatoms. The molecule has 1 aliphatic heterocycles. The minimum atomic E-state index is 0.556. The molecule has 16 heavy (non-hydrogen) atoms. The van der Waals surface area contributed by atoms with Gasteiger partial charge in [-0.05, 0) is 32.2 Å². The van der Waals surface area contributed by atoms with Crippen molar-refractivity contribution in [1.29, 1.82) is 0 Å². The molecule has 1 saturated heterocycles. The van der Waals surface area contributed by atoms with Crippen molar-refractivity contribution in [3.05, 3.63) is 0 Å². The Hall–Kier alpha value is -0.120. The summed E-state index contributed by atoms with van der Waals surface area (Å²) in [6, 6.07) is 0.670. The van der Waals surface area contributed by atoms with Gasteiger partial charge in [-0.2, -0.15) is 0 Å². The number of ether oxygens (including phenoxy) is 1. The lowest BCUT2D eigenvalue weighted by atomic mass is 9.98. The Kier molecular flexibility index (Phi) is 5.59. The fraction of sp³-hybridized carbons (Fsp3) is 1.00. The van der Waals surface area contributed by atoms with Gasteiger partial charge >= 0.3 is 0 Å². The fourth-order valence-corrected chi connectivity index (χ4v) is 2.75. The Bertz CT molecular complexity index is 155. The van der Waals surface area contributed by atoms with Gasteiger partial charge in [0.05, 0.1) is 12.7 Å². The van der Waals surface area contributed by atoms with Crippen LogP contribution in [0.1, 0.15) is 44.9 Å². The van der Waals surface area contributed by atoms with Crippen LogP contribution in [0.3, 0.4) is 0 Å². The molecule has 0 aromatic rings. The molecule has 0 radical (unpaired) electrons. The van der Waals surface area contributed by atoms with Crippen molar-refractivity contribution in [2.24, 2.45) is 0 Å². The molecule has 1 saturated carbocycles. The second kappa shape index (κ2) is 7.25. The van der Waals surface area contributed by atoms with E-state index in [0.717, 1.165) is 19.7 Å². The minimum absolute atomic E-state index is 0.556. The van der Waals surface area contributed by atoms with Crippen LogP contribution in [0.5, 0.6) is 0 Å². The topological polar surface area (TPSA) is 33.3 Å². The van der Waals surface area contributed by atoms with E-state index >= 15 is 0 Å². The summed E-state index contributed by atoms with van der Waals surface area (Å²) in [5, 5.41) is 7.00. The largest absolute Gasteiger partial charge is 0.377 e. The van der Waals surface area contributed by atoms with E-state index < -0.39 is 0 Å². The molecule has 0 aromatic heterocycles. The van der Waals surface area contributed by atoms with Crippen LogP contribution >= 0.6 is 0 Å². The van der Waals surface area contributed by atoms with Crippen LogP contribution in [0.2, 0.25) is 0 Å². The van der Waals surface area contributed by atoms with Crippen LogP contribution in [0.25, 0.3) is 0 Å². The van der Waals surface area contributed by atoms with Crippen LogP contribution < -0.4 is 10.6 Å². The molecule has 1 atom stereocenters. The molecule has 0 spiro atoms. The van der Waals surface area contributed by atoms with Gasteiger partial charge in [-0.15, -0.1) is 0 Å². The van der Waals surface area contributed by atoms with Gasteiger partial charge < -0.3 is 15.4 Å². The van der Waals surface area contributed by atoms with E-state index in [1.54, 1.807) is 0 Å². The first kappa shape index (κ1) is 12.3. The zero-order chi connectivity index (χ0) is 11.1. The lowest BCUT2D eigenvalue weighted by Gasteiger charge is -2.25. The predicted molar refractivity (Wildman–Crippen MR) is 66.7 cm³/mol. The molecular weight excluding hydrogens is 200 g/mol. The quantitative estimate of drug-likeness (QED) is 0.700. The van der Waals surface area contributed by atoms with Gasteiger partial charge in [0.25, 0.3) is 0 Å². The first-order chi connectivity index (χ1) is 7.95. The predicted octanol–water partition coefficient (Wildman–Crippen LogP) is 1.68. The Morgan fingerprint density at radius 2 is 1.94 bits per heavy atom. The first-order valence-corrected chi connectivity index (χ1v) is 7.01. The SMILES string of the molecule is C1CCC(OCCNC2CCCNC2)CC1. The smallest absolute Gasteiger partial charge is 0.0594 e. The highest BCUT2D eigenvalue weighted by Gasteiger charge is 2.14. The van der Waals surface area contributed by atoms with Crippen LogP contribution in [0, 0.1) is 0 Å². The molecule has 1 aliphatic carbocycles. The van der Waals surface area contributed by atoms with Gasteiger partial charge in [0.1, 0.15) is 0 Å². The third kappa shape index (κ3) is 4.40. The molecule has 0 bridgehead atoms. The summed E-state index contributed by atoms with van der Waals surface area (Å²) in [4.78, 5) is 0. The number of piperidine rings is 1. The summed E-state index contributed by atoms with van der Waals surface area (Å²) >= 11 is 0. The van der Waals surface area contributed by atoms with Crippen molar-refractivity contribution in [3.8, 4) is 0 Å². The Morgan fingerprint density at radius 3 is 2.69 bits per heavy atom. The molecule has 0 amide bonds. The highest BCUT2D eigenvalue weighted by atomic mass is 16.5. The van der Waals surface area contributed by atoms with E-state index in [-0.39, 0.29) is 0 Å². The second-order valence-corrected chi connectivity index (χ2v) is 5.13. The summed E-state index contributed by atoms with van der Waals surface area (Å²) in [7, 11) is 0. The summed E-state index contributed by atoms with van der Waals surface area (Å²) in [5.74, 6) is 0. The Labute approximate surface area is 99.3 Å². The zero-order valence-electron chi connectivity index (χ0n) is 10.3. The van der Waals surface area contributed by atoms with Crippen LogP contribution in [-0.4, -0.2) is 38.4 Å². The lowest BCUT2D eigenvalue weighted by Crippen LogP contribution is -2.44. The van der Waals surface area contributed by atoms with Gasteiger partial charge in [-0.1, -0.05) is 19.3 Å². The van der Waals surface area contributed by atoms with Crippen molar-refractivity contribution in [2.75, 3.05) is 26.2 Å². The summed E-state index contributed by atoms with van der Waals surface area (Å²) in [6.07, 6.45) is 9.88. The molecule has 0 aromatic carbocycles. The average Bonchev–Trinajstić information content (AvgIpc) is 2.37. The van der Waals surface area contributed by atoms with Gasteiger partial charge in [0.15, 0.2) is 0 Å². The fourth-order valence-electron chi connectivity index (χ4n) is 2.75. The molecule has 2 rings (SSSR count). The summed E-state index contributed by atoms with van der Waals surface area (Å²) < 4.78 is 5.89. The maximum atomic E-state index is 5.89. The maximum Gasteiger partial charge on any atom is 0.0594 e. The second-order valence-electron chi connectivity index (χ2n) is 5.13. The zero-order valence-corrected chi connectivity index (χ0v) is 10.3. The van der Waals surface area contributed by atoms with Crippen molar-refractivity contribution in [1.82, 2.24) is 10.6 Å². The molecule has 94 valence electrons. The minimum Gasteiger partial charge on any atom is -0.377 e. The van der Waals surface area contributed by atoms with Gasteiger partial charge in [-0.25, -0.2) is 0 Å². The van der Waals surface area contributed by atoms with Crippen molar-refractivity contribution < 1.29 is 4.74 Å². The molecule has 1 heterocycles. The molecule has 2 N–H and O–H groups in total. The third-order valence-electron chi connectivity index (χ3n) is 3.74. The van der Waals surface area contributed by atoms with Crippen LogP contribution in [0.4, 0.5) is 0 Å². The van der Waals surface area contributed by atoms with Crippen molar-refractivity contribution in [3.63, 3.8) is 0 Å². The molecule has 2 aliphatic rings. The maximum absolute atomic E-state index is 5.89. The van der Waals surface area contributed by atoms with Crippen molar-refractivity contribution >= 4 is 0 Å². The third-order valence-corrected chi connectivity index (χ3v) is 3.74. The summed E-state index contributed by atoms with van der Waals surface area (Å²) in [6.45, 7) is 4.23. The van der Waals surface area contributed by atoms with Gasteiger partial charge in [-0.3, -0.25) is 0 Å². The van der Waals surface area contributed by atoms with Crippen LogP contribution in [-0.2, 0) is 4.74 Å². The normalized spacial score (nSPS) is 28.1. The standard InChI is InChI=1S/C13H26N2O/c1-2-6-13(7-3-1)16-10-9-15-12-5-4-8-14-11-12/h12-15H,1-11H2. The van der Waals surface area contributed by atoms with E-state index in [0.29, 0.717) is 12.1 Å². The molecule has 1 unspecified atom stereocenters. The van der Waals surface area contributed by atoms with E-state index in [1.165, 1.54) is 51.5 Å². The van der Waals surface area contributed by atoms with Gasteiger partial charge in [0, 0.05) is 19.1 Å². The number of hydrogen-bond donors (Lipinski definition) is 2. The first-order valence-electron chi connectivity index (χ1n) is 7.01. The van der Waals surface area contributed by atoms with Gasteiger partial charge in [0.2, 0.25) is 0 Å². The van der Waals surface area contributed by atoms with E-state index in [1.807, 2.05) is 0 Å². The molecular formula is C13H26N2O. The Balaban J connectivity index is 1.47. The lowest BCUT2D eigenvalue weighted by molar-refractivity contribution is 0.0291. The van der Waals surface area contributed by atoms with E-state index in [4.69, 9.17) is 4.74 Å². The number of rotatable bonds is 5. The number of hydrogen-bond acceptors (Lipinski definition) is 3. The van der Waals surface area contributed by atoms with Crippen LogP contribution in [0.15, 0.2) is 0 Å². The summed E-state index contributed by atoms with van der Waals surface area (Å²) in [5.41, 5.74) is 0. The highest BCUT2D eigenvalue weighted by molar-refractivity contribution is 4.74. The average molecular weight is 226 g/mol. The number of nitrogens with one attached hydrogen (secondary N) is 2. The Morgan fingerprint density at radius 1 is 1.06 bits per heavy atom. The van der Waals surface area contributed by atoms with E-state index in [9.17, 15) is 0 Å². The monoisotopic (exact) mass is 226 g/mol.